The molecule has 1 atom stereocenters. The molecule has 1 unspecified atom stereocenters. The maximum absolute atomic E-state index is 13.8. The molecule has 3 N–H and O–H groups in total. The summed E-state index contributed by atoms with van der Waals surface area (Å²) in [4.78, 5) is 24.8. The first-order valence-corrected chi connectivity index (χ1v) is 9.20. The van der Waals surface area contributed by atoms with Crippen molar-refractivity contribution in [3.63, 3.8) is 0 Å². The van der Waals surface area contributed by atoms with Gasteiger partial charge in [0.25, 0.3) is 11.8 Å². The number of carbonyl (C=O) groups is 2. The van der Waals surface area contributed by atoms with Crippen LogP contribution in [0.25, 0.3) is 0 Å². The number of amides is 2. The molecule has 0 radical (unpaired) electrons. The molecule has 2 amide bonds. The minimum atomic E-state index is -0.581. The summed E-state index contributed by atoms with van der Waals surface area (Å²) in [6.07, 6.45) is 2.22. The third-order valence-corrected chi connectivity index (χ3v) is 4.82. The number of anilines is 1. The number of carbonyl (C=O) groups excluding carboxylic acids is 2. The summed E-state index contributed by atoms with van der Waals surface area (Å²) in [6.45, 7) is 4.40. The van der Waals surface area contributed by atoms with E-state index in [1.165, 1.54) is 18.2 Å². The maximum Gasteiger partial charge on any atom is 0.258 e. The molecule has 0 aliphatic carbocycles. The molecule has 1 saturated heterocycles. The van der Waals surface area contributed by atoms with Gasteiger partial charge in [0.15, 0.2) is 0 Å². The van der Waals surface area contributed by atoms with Crippen molar-refractivity contribution in [2.24, 2.45) is 5.92 Å². The third-order valence-electron chi connectivity index (χ3n) is 4.82. The number of rotatable bonds is 5. The molecule has 3 rings (SSSR count). The van der Waals surface area contributed by atoms with E-state index in [0.717, 1.165) is 31.5 Å². The minimum Gasteiger partial charge on any atom is -0.352 e. The fourth-order valence-electron chi connectivity index (χ4n) is 3.17. The predicted molar refractivity (Wildman–Crippen MR) is 111 cm³/mol. The lowest BCUT2D eigenvalue weighted by molar-refractivity contribution is 0.0943. The van der Waals surface area contributed by atoms with Gasteiger partial charge in [0.1, 0.15) is 5.82 Å². The average Bonchev–Trinajstić information content (AvgIpc) is 2.69. The van der Waals surface area contributed by atoms with Crippen molar-refractivity contribution in [2.45, 2.75) is 19.8 Å². The van der Waals surface area contributed by atoms with E-state index in [4.69, 9.17) is 0 Å². The van der Waals surface area contributed by atoms with Gasteiger partial charge in [-0.15, -0.1) is 12.4 Å². The van der Waals surface area contributed by atoms with Crippen molar-refractivity contribution >= 4 is 29.9 Å². The Kier molecular flexibility index (Phi) is 7.96. The van der Waals surface area contributed by atoms with Crippen LogP contribution in [0, 0.1) is 18.7 Å². The molecule has 5 nitrogen and oxygen atoms in total. The number of piperidine rings is 1. The van der Waals surface area contributed by atoms with Crippen LogP contribution in [0.1, 0.15) is 39.1 Å². The second-order valence-corrected chi connectivity index (χ2v) is 6.89. The van der Waals surface area contributed by atoms with Crippen LogP contribution < -0.4 is 16.0 Å². The molecule has 0 saturated carbocycles. The summed E-state index contributed by atoms with van der Waals surface area (Å²) in [7, 11) is 0. The van der Waals surface area contributed by atoms with E-state index in [1.54, 1.807) is 24.3 Å². The Morgan fingerprint density at radius 1 is 1.18 bits per heavy atom. The van der Waals surface area contributed by atoms with E-state index < -0.39 is 11.7 Å². The van der Waals surface area contributed by atoms with Gasteiger partial charge in [0, 0.05) is 17.8 Å². The number of aryl methyl sites for hydroxylation is 1. The van der Waals surface area contributed by atoms with Gasteiger partial charge in [-0.25, -0.2) is 4.39 Å². The van der Waals surface area contributed by atoms with Gasteiger partial charge in [-0.1, -0.05) is 18.2 Å². The Balaban J connectivity index is 0.00000280. The first-order chi connectivity index (χ1) is 13.0. The minimum absolute atomic E-state index is 0. The molecule has 1 aliphatic rings. The Hall–Kier alpha value is -2.44. The largest absolute Gasteiger partial charge is 0.352 e. The number of benzene rings is 2. The van der Waals surface area contributed by atoms with Crippen LogP contribution in [0.3, 0.4) is 0 Å². The van der Waals surface area contributed by atoms with Crippen LogP contribution in [0.15, 0.2) is 42.5 Å². The Morgan fingerprint density at radius 2 is 1.96 bits per heavy atom. The highest BCUT2D eigenvalue weighted by molar-refractivity contribution is 6.05. The molecule has 0 spiro atoms. The highest BCUT2D eigenvalue weighted by Gasteiger charge is 2.16. The van der Waals surface area contributed by atoms with E-state index in [9.17, 15) is 14.0 Å². The standard InChI is InChI=1S/C21H24FN3O2.ClH/c1-14-8-9-16(20(26)24-13-15-5-4-10-23-12-15)11-19(14)25-21(27)17-6-2-3-7-18(17)22;/h2-3,6-9,11,15,23H,4-5,10,12-13H2,1H3,(H,24,26)(H,25,27);1H. The first-order valence-electron chi connectivity index (χ1n) is 9.20. The van der Waals surface area contributed by atoms with Crippen molar-refractivity contribution in [3.05, 3.63) is 65.0 Å². The van der Waals surface area contributed by atoms with E-state index in [-0.39, 0.29) is 23.9 Å². The number of halogens is 2. The highest BCUT2D eigenvalue weighted by atomic mass is 35.5. The van der Waals surface area contributed by atoms with E-state index in [2.05, 4.69) is 16.0 Å². The van der Waals surface area contributed by atoms with Gasteiger partial charge in [0.2, 0.25) is 0 Å². The van der Waals surface area contributed by atoms with Crippen molar-refractivity contribution in [1.82, 2.24) is 10.6 Å². The van der Waals surface area contributed by atoms with Crippen LogP contribution in [-0.2, 0) is 0 Å². The molecule has 7 heteroatoms. The van der Waals surface area contributed by atoms with E-state index >= 15 is 0 Å². The molecule has 1 heterocycles. The molecular weight excluding hydrogens is 381 g/mol. The first kappa shape index (κ1) is 21.9. The quantitative estimate of drug-likeness (QED) is 0.712. The van der Waals surface area contributed by atoms with Gasteiger partial charge < -0.3 is 16.0 Å². The topological polar surface area (TPSA) is 70.2 Å². The normalized spacial score (nSPS) is 16.0. The van der Waals surface area contributed by atoms with Crippen molar-refractivity contribution in [3.8, 4) is 0 Å². The van der Waals surface area contributed by atoms with Gasteiger partial charge in [-0.2, -0.15) is 0 Å². The molecule has 0 aromatic heterocycles. The van der Waals surface area contributed by atoms with Crippen LogP contribution in [0.4, 0.5) is 10.1 Å². The van der Waals surface area contributed by atoms with E-state index in [0.29, 0.717) is 23.7 Å². The molecule has 28 heavy (non-hydrogen) atoms. The summed E-state index contributed by atoms with van der Waals surface area (Å²) in [5.74, 6) is -0.861. The Bertz CT molecular complexity index is 838. The SMILES string of the molecule is Cc1ccc(C(=O)NCC2CCCNC2)cc1NC(=O)c1ccccc1F.Cl. The third kappa shape index (κ3) is 5.53. The lowest BCUT2D eigenvalue weighted by Gasteiger charge is -2.23. The summed E-state index contributed by atoms with van der Waals surface area (Å²) >= 11 is 0. The Morgan fingerprint density at radius 3 is 2.68 bits per heavy atom. The zero-order valence-corrected chi connectivity index (χ0v) is 16.6. The smallest absolute Gasteiger partial charge is 0.258 e. The number of hydrogen-bond donors (Lipinski definition) is 3. The van der Waals surface area contributed by atoms with Crippen molar-refractivity contribution in [1.29, 1.82) is 0 Å². The van der Waals surface area contributed by atoms with Crippen LogP contribution in [-0.4, -0.2) is 31.4 Å². The monoisotopic (exact) mass is 405 g/mol. The van der Waals surface area contributed by atoms with Gasteiger partial charge >= 0.3 is 0 Å². The van der Waals surface area contributed by atoms with Crippen LogP contribution >= 0.6 is 12.4 Å². The van der Waals surface area contributed by atoms with Crippen LogP contribution in [0.5, 0.6) is 0 Å². The molecule has 0 bridgehead atoms. The Labute approximate surface area is 170 Å². The number of hydrogen-bond acceptors (Lipinski definition) is 3. The van der Waals surface area contributed by atoms with Gasteiger partial charge in [-0.05, 0) is 68.6 Å². The fraction of sp³-hybridized carbons (Fsp3) is 0.333. The molecule has 2 aromatic carbocycles. The average molecular weight is 406 g/mol. The van der Waals surface area contributed by atoms with Gasteiger partial charge in [-0.3, -0.25) is 9.59 Å². The van der Waals surface area contributed by atoms with Gasteiger partial charge in [0.05, 0.1) is 5.56 Å². The lowest BCUT2D eigenvalue weighted by Crippen LogP contribution is -2.38. The summed E-state index contributed by atoms with van der Waals surface area (Å²) in [5, 5.41) is 8.98. The molecule has 2 aromatic rings. The van der Waals surface area contributed by atoms with Crippen molar-refractivity contribution in [2.75, 3.05) is 25.0 Å². The molecule has 1 fully saturated rings. The second kappa shape index (κ2) is 10.2. The summed E-state index contributed by atoms with van der Waals surface area (Å²) in [6, 6.07) is 10.9. The zero-order chi connectivity index (χ0) is 19.2. The van der Waals surface area contributed by atoms with Crippen LogP contribution in [0.2, 0.25) is 0 Å². The highest BCUT2D eigenvalue weighted by Crippen LogP contribution is 2.19. The zero-order valence-electron chi connectivity index (χ0n) is 15.8. The maximum atomic E-state index is 13.8. The number of nitrogens with one attached hydrogen (secondary N) is 3. The fourth-order valence-corrected chi connectivity index (χ4v) is 3.17. The molecule has 1 aliphatic heterocycles. The summed E-state index contributed by atoms with van der Waals surface area (Å²) < 4.78 is 13.8. The van der Waals surface area contributed by atoms with E-state index in [1.807, 2.05) is 6.92 Å². The lowest BCUT2D eigenvalue weighted by atomic mass is 9.99. The molecule has 150 valence electrons. The van der Waals surface area contributed by atoms with Crippen molar-refractivity contribution < 1.29 is 14.0 Å². The summed E-state index contributed by atoms with van der Waals surface area (Å²) in [5.41, 5.74) is 1.73. The second-order valence-electron chi connectivity index (χ2n) is 6.89. The molecular formula is C21H25ClFN3O2. The predicted octanol–water partition coefficient (Wildman–Crippen LogP) is 3.54.